The number of carbonyl (C=O) groups excluding carboxylic acids is 1. The molecule has 0 aliphatic heterocycles. The maximum absolute atomic E-state index is 11.9. The molecule has 0 fully saturated rings. The number of rotatable bonds is 5. The number of nitrogens with zero attached hydrogens (tertiary/aromatic N) is 1. The van der Waals surface area contributed by atoms with Crippen molar-refractivity contribution in [2.45, 2.75) is 11.8 Å². The summed E-state index contributed by atoms with van der Waals surface area (Å²) >= 11 is 5.19. The summed E-state index contributed by atoms with van der Waals surface area (Å²) < 4.78 is 11.7. The number of hydrogen-bond donors (Lipinski definition) is 0. The first kappa shape index (κ1) is 17.8. The van der Waals surface area contributed by atoms with Gasteiger partial charge in [-0.2, -0.15) is 0 Å². The first-order chi connectivity index (χ1) is 12.1. The molecule has 0 aliphatic carbocycles. The van der Waals surface area contributed by atoms with Crippen molar-refractivity contribution in [3.63, 3.8) is 0 Å². The van der Waals surface area contributed by atoms with Crippen LogP contribution in [-0.2, 0) is 4.74 Å². The van der Waals surface area contributed by atoms with Gasteiger partial charge in [0, 0.05) is 27.0 Å². The van der Waals surface area contributed by atoms with Crippen molar-refractivity contribution in [1.82, 2.24) is 4.98 Å². The van der Waals surface area contributed by atoms with Gasteiger partial charge in [-0.15, -0.1) is 11.8 Å². The van der Waals surface area contributed by atoms with Gasteiger partial charge in [-0.05, 0) is 41.5 Å². The van der Waals surface area contributed by atoms with Gasteiger partial charge in [0.15, 0.2) is 0 Å². The predicted molar refractivity (Wildman–Crippen MR) is 104 cm³/mol. The monoisotopic (exact) mass is 417 g/mol. The number of benzene rings is 2. The van der Waals surface area contributed by atoms with Gasteiger partial charge < -0.3 is 9.47 Å². The lowest BCUT2D eigenvalue weighted by molar-refractivity contribution is 0.0600. The fourth-order valence-corrected chi connectivity index (χ4v) is 3.39. The molecule has 4 nitrogen and oxygen atoms in total. The maximum Gasteiger partial charge on any atom is 0.338 e. The largest absolute Gasteiger partial charge is 0.465 e. The van der Waals surface area contributed by atoms with Gasteiger partial charge >= 0.3 is 5.97 Å². The number of esters is 1. The fourth-order valence-electron chi connectivity index (χ4n) is 2.41. The molecule has 25 heavy (non-hydrogen) atoms. The first-order valence-corrected chi connectivity index (χ1v) is 9.47. The Morgan fingerprint density at radius 3 is 2.72 bits per heavy atom. The number of hydrogen-bond acceptors (Lipinski definition) is 5. The average molecular weight is 418 g/mol. The Labute approximate surface area is 158 Å². The summed E-state index contributed by atoms with van der Waals surface area (Å²) in [4.78, 5) is 17.4. The Balaban J connectivity index is 2.03. The second-order valence-corrected chi connectivity index (χ2v) is 7.45. The first-order valence-electron chi connectivity index (χ1n) is 7.69. The minimum absolute atomic E-state index is 0.405. The Kier molecular flexibility index (Phi) is 5.60. The minimum Gasteiger partial charge on any atom is -0.465 e. The fraction of sp³-hybridized carbons (Fsp3) is 0.158. The Morgan fingerprint density at radius 2 is 2.04 bits per heavy atom. The van der Waals surface area contributed by atoms with Crippen molar-refractivity contribution >= 4 is 44.4 Å². The molecular weight excluding hydrogens is 402 g/mol. The average Bonchev–Trinajstić information content (AvgIpc) is 2.63. The van der Waals surface area contributed by atoms with E-state index in [4.69, 9.17) is 9.47 Å². The number of ether oxygens (including phenoxy) is 2. The summed E-state index contributed by atoms with van der Waals surface area (Å²) in [6.45, 7) is 2.09. The molecule has 2 aromatic carbocycles. The lowest BCUT2D eigenvalue weighted by Gasteiger charge is -2.11. The normalized spacial score (nSPS) is 10.7. The lowest BCUT2D eigenvalue weighted by Crippen LogP contribution is -2.02. The maximum atomic E-state index is 11.9. The van der Waals surface area contributed by atoms with Gasteiger partial charge in [0.1, 0.15) is 5.75 Å². The minimum atomic E-state index is -0.405. The van der Waals surface area contributed by atoms with E-state index in [1.165, 1.54) is 7.11 Å². The highest BCUT2D eigenvalue weighted by Gasteiger charge is 2.13. The van der Waals surface area contributed by atoms with Gasteiger partial charge in [0.25, 0.3) is 0 Å². The van der Waals surface area contributed by atoms with Crippen molar-refractivity contribution in [1.29, 1.82) is 0 Å². The van der Waals surface area contributed by atoms with Crippen LogP contribution in [0.3, 0.4) is 0 Å². The van der Waals surface area contributed by atoms with Crippen LogP contribution in [-0.4, -0.2) is 23.8 Å². The molecule has 0 unspecified atom stereocenters. The third-order valence-electron chi connectivity index (χ3n) is 3.53. The predicted octanol–water partition coefficient (Wildman–Crippen LogP) is 5.69. The number of pyridine rings is 1. The topological polar surface area (TPSA) is 48.4 Å². The van der Waals surface area contributed by atoms with Gasteiger partial charge in [0.05, 0.1) is 12.7 Å². The quantitative estimate of drug-likeness (QED) is 0.394. The van der Waals surface area contributed by atoms with Crippen molar-refractivity contribution < 1.29 is 14.3 Å². The Bertz CT molecular complexity index is 912. The number of halogens is 1. The zero-order valence-electron chi connectivity index (χ0n) is 13.8. The standard InChI is InChI=1S/C19H16BrNO3S/c1-3-25-15-6-7-18(21-11-15)24-17-9-13(19(22)23-2)8-12-4-5-14(20)10-16(12)17/h4-11H,3H2,1-2H3. The SMILES string of the molecule is CCSc1ccc(Oc2cc(C(=O)OC)cc3ccc(Br)cc23)nc1. The van der Waals surface area contributed by atoms with Crippen molar-refractivity contribution in [3.8, 4) is 11.6 Å². The van der Waals surface area contributed by atoms with Gasteiger partial charge in [-0.25, -0.2) is 9.78 Å². The smallest absolute Gasteiger partial charge is 0.338 e. The van der Waals surface area contributed by atoms with Crippen LogP contribution in [0.2, 0.25) is 0 Å². The summed E-state index contributed by atoms with van der Waals surface area (Å²) in [5, 5.41) is 1.77. The number of fused-ring (bicyclic) bond motifs is 1. The zero-order valence-corrected chi connectivity index (χ0v) is 16.2. The molecule has 0 spiro atoms. The molecule has 3 aromatic rings. The molecule has 128 valence electrons. The number of aromatic nitrogens is 1. The van der Waals surface area contributed by atoms with E-state index in [9.17, 15) is 4.79 Å². The molecule has 0 saturated carbocycles. The Hall–Kier alpha value is -2.05. The van der Waals surface area contributed by atoms with Gasteiger partial charge in [-0.1, -0.05) is 28.9 Å². The summed E-state index contributed by atoms with van der Waals surface area (Å²) in [5.74, 6) is 1.62. The van der Waals surface area contributed by atoms with Crippen LogP contribution >= 0.6 is 27.7 Å². The van der Waals surface area contributed by atoms with E-state index in [2.05, 4.69) is 27.8 Å². The molecule has 1 aromatic heterocycles. The third-order valence-corrected chi connectivity index (χ3v) is 4.89. The van der Waals surface area contributed by atoms with E-state index in [1.54, 1.807) is 30.1 Å². The molecule has 1 heterocycles. The van der Waals surface area contributed by atoms with E-state index < -0.39 is 5.97 Å². The van der Waals surface area contributed by atoms with Gasteiger partial charge in [-0.3, -0.25) is 0 Å². The highest BCUT2D eigenvalue weighted by Crippen LogP contribution is 2.33. The summed E-state index contributed by atoms with van der Waals surface area (Å²) in [6.07, 6.45) is 1.78. The number of thioether (sulfide) groups is 1. The van der Waals surface area contributed by atoms with Crippen LogP contribution in [0.5, 0.6) is 11.6 Å². The third kappa shape index (κ3) is 4.14. The summed E-state index contributed by atoms with van der Waals surface area (Å²) in [5.41, 5.74) is 0.436. The molecular formula is C19H16BrNO3S. The molecule has 0 bridgehead atoms. The van der Waals surface area contributed by atoms with Gasteiger partial charge in [0.2, 0.25) is 5.88 Å². The zero-order chi connectivity index (χ0) is 17.8. The van der Waals surface area contributed by atoms with Crippen LogP contribution in [0.15, 0.2) is 58.0 Å². The molecule has 0 aliphatic rings. The molecule has 0 atom stereocenters. The number of carbonyl (C=O) groups is 1. The van der Waals surface area contributed by atoms with Crippen LogP contribution in [0, 0.1) is 0 Å². The van der Waals surface area contributed by atoms with E-state index >= 15 is 0 Å². The van der Waals surface area contributed by atoms with E-state index in [0.29, 0.717) is 17.2 Å². The second kappa shape index (κ2) is 7.89. The highest BCUT2D eigenvalue weighted by atomic mass is 79.9. The van der Waals surface area contributed by atoms with Crippen LogP contribution < -0.4 is 4.74 Å². The second-order valence-electron chi connectivity index (χ2n) is 5.20. The van der Waals surface area contributed by atoms with Crippen LogP contribution in [0.4, 0.5) is 0 Å². The van der Waals surface area contributed by atoms with Crippen LogP contribution in [0.25, 0.3) is 10.8 Å². The number of methoxy groups -OCH3 is 1. The molecule has 0 saturated heterocycles. The summed E-state index contributed by atoms with van der Waals surface area (Å²) in [6, 6.07) is 13.1. The lowest BCUT2D eigenvalue weighted by atomic mass is 10.1. The highest BCUT2D eigenvalue weighted by molar-refractivity contribution is 9.10. The molecule has 0 amide bonds. The Morgan fingerprint density at radius 1 is 1.20 bits per heavy atom. The molecule has 3 rings (SSSR count). The van der Waals surface area contributed by atoms with Crippen LogP contribution in [0.1, 0.15) is 17.3 Å². The van der Waals surface area contributed by atoms with E-state index in [1.807, 2.05) is 30.3 Å². The molecule has 0 N–H and O–H groups in total. The summed E-state index contributed by atoms with van der Waals surface area (Å²) in [7, 11) is 1.36. The molecule has 0 radical (unpaired) electrons. The molecule has 6 heteroatoms. The van der Waals surface area contributed by atoms with Crippen molar-refractivity contribution in [2.75, 3.05) is 12.9 Å². The van der Waals surface area contributed by atoms with E-state index in [0.717, 1.165) is 25.9 Å². The van der Waals surface area contributed by atoms with Crippen molar-refractivity contribution in [3.05, 3.63) is 58.7 Å². The van der Waals surface area contributed by atoms with Crippen molar-refractivity contribution in [2.24, 2.45) is 0 Å². The van der Waals surface area contributed by atoms with E-state index in [-0.39, 0.29) is 0 Å².